The zero-order valence-corrected chi connectivity index (χ0v) is 16.7. The van der Waals surface area contributed by atoms with Crippen molar-refractivity contribution in [3.05, 3.63) is 24.2 Å². The summed E-state index contributed by atoms with van der Waals surface area (Å²) in [5, 5.41) is 0. The lowest BCUT2D eigenvalue weighted by atomic mass is 9.43. The van der Waals surface area contributed by atoms with Gasteiger partial charge in [-0.25, -0.2) is 0 Å². The molecule has 5 rings (SSSR count). The summed E-state index contributed by atoms with van der Waals surface area (Å²) in [6, 6.07) is 1.83. The summed E-state index contributed by atoms with van der Waals surface area (Å²) in [4.78, 5) is 37.9. The van der Waals surface area contributed by atoms with Crippen molar-refractivity contribution in [2.45, 2.75) is 58.2 Å². The van der Waals surface area contributed by atoms with Crippen molar-refractivity contribution in [3.63, 3.8) is 0 Å². The van der Waals surface area contributed by atoms with Gasteiger partial charge in [-0.15, -0.1) is 0 Å². The van der Waals surface area contributed by atoms with Crippen LogP contribution in [0.15, 0.2) is 23.0 Å². The summed E-state index contributed by atoms with van der Waals surface area (Å²) in [6.07, 6.45) is 5.83. The number of cyclic esters (lactones) is 2. The first kappa shape index (κ1) is 18.7. The van der Waals surface area contributed by atoms with Crippen LogP contribution in [-0.4, -0.2) is 30.6 Å². The summed E-state index contributed by atoms with van der Waals surface area (Å²) in [7, 11) is 0. The van der Waals surface area contributed by atoms with Gasteiger partial charge >= 0.3 is 17.9 Å². The summed E-state index contributed by atoms with van der Waals surface area (Å²) in [6.45, 7) is 3.65. The highest BCUT2D eigenvalue weighted by molar-refractivity contribution is 5.82. The fraction of sp³-hybridized carbons (Fsp3) is 0.682. The Labute approximate surface area is 169 Å². The van der Waals surface area contributed by atoms with Crippen LogP contribution in [0.5, 0.6) is 0 Å². The van der Waals surface area contributed by atoms with E-state index in [-0.39, 0.29) is 48.4 Å². The van der Waals surface area contributed by atoms with Gasteiger partial charge in [-0.05, 0) is 37.2 Å². The number of carbonyl (C=O) groups excluding carboxylic acids is 3. The van der Waals surface area contributed by atoms with Gasteiger partial charge in [0.1, 0.15) is 18.8 Å². The molecular weight excluding hydrogens is 376 g/mol. The van der Waals surface area contributed by atoms with E-state index in [4.69, 9.17) is 18.6 Å². The number of furan rings is 1. The van der Waals surface area contributed by atoms with Crippen LogP contribution in [0, 0.1) is 28.6 Å². The van der Waals surface area contributed by atoms with Crippen LogP contribution in [-0.2, 0) is 28.6 Å². The lowest BCUT2D eigenvalue weighted by Gasteiger charge is -2.58. The second kappa shape index (κ2) is 6.34. The highest BCUT2D eigenvalue weighted by Gasteiger charge is 2.73. The van der Waals surface area contributed by atoms with Gasteiger partial charge in [-0.1, -0.05) is 13.3 Å². The number of ether oxygens (including phenoxy) is 3. The fourth-order valence-corrected chi connectivity index (χ4v) is 6.87. The van der Waals surface area contributed by atoms with Gasteiger partial charge in [0.25, 0.3) is 0 Å². The van der Waals surface area contributed by atoms with Gasteiger partial charge in [-0.3, -0.25) is 14.4 Å². The van der Waals surface area contributed by atoms with E-state index in [9.17, 15) is 14.4 Å². The molecule has 2 spiro atoms. The minimum atomic E-state index is -0.717. The predicted octanol–water partition coefficient (Wildman–Crippen LogP) is 3.19. The van der Waals surface area contributed by atoms with Crippen LogP contribution >= 0.6 is 0 Å². The van der Waals surface area contributed by atoms with Crippen molar-refractivity contribution < 1.29 is 33.0 Å². The van der Waals surface area contributed by atoms with Gasteiger partial charge in [0.05, 0.1) is 29.3 Å². The number of rotatable bonds is 2. The third-order valence-electron chi connectivity index (χ3n) is 8.08. The van der Waals surface area contributed by atoms with E-state index >= 15 is 0 Å². The Morgan fingerprint density at radius 3 is 2.83 bits per heavy atom. The van der Waals surface area contributed by atoms with Gasteiger partial charge in [0, 0.05) is 18.9 Å². The third kappa shape index (κ3) is 2.39. The smallest absolute Gasteiger partial charge is 0.313 e. The van der Waals surface area contributed by atoms with Crippen LogP contribution < -0.4 is 0 Å². The fourth-order valence-electron chi connectivity index (χ4n) is 6.87. The Balaban J connectivity index is 1.60. The Hall–Kier alpha value is -2.31. The average Bonchev–Trinajstić information content (AvgIpc) is 3.39. The average molecular weight is 402 g/mol. The zero-order chi connectivity index (χ0) is 20.4. The summed E-state index contributed by atoms with van der Waals surface area (Å²) in [5.74, 6) is -1.30. The second-order valence-electron chi connectivity index (χ2n) is 9.19. The summed E-state index contributed by atoms with van der Waals surface area (Å²) < 4.78 is 22.4. The molecule has 0 N–H and O–H groups in total. The normalized spacial score (nSPS) is 43.4. The Morgan fingerprint density at radius 1 is 1.28 bits per heavy atom. The van der Waals surface area contributed by atoms with Crippen molar-refractivity contribution in [1.82, 2.24) is 0 Å². The molecule has 0 aromatic carbocycles. The molecule has 1 aromatic rings. The minimum Gasteiger partial charge on any atom is -0.472 e. The Kier molecular flexibility index (Phi) is 4.09. The maximum absolute atomic E-state index is 13.4. The molecule has 29 heavy (non-hydrogen) atoms. The largest absolute Gasteiger partial charge is 0.472 e. The second-order valence-corrected chi connectivity index (χ2v) is 9.19. The number of hydrogen-bond acceptors (Lipinski definition) is 7. The first-order chi connectivity index (χ1) is 13.9. The standard InChI is InChI=1S/C22H26O7/c1-12-8-18(28-13(2)23)22-11-27-19(24)15(22)4-3-5-17(22)21(12)9-16(29-20(21)25)14-6-7-26-10-14/h6-7,10,12,15-18H,3-5,8-9,11H2,1-2H3/t12?,15-,16?,17?,18?,21+,22-/m0/s1. The van der Waals surface area contributed by atoms with Crippen molar-refractivity contribution in [3.8, 4) is 0 Å². The van der Waals surface area contributed by atoms with E-state index in [1.54, 1.807) is 12.5 Å². The molecule has 7 nitrogen and oxygen atoms in total. The van der Waals surface area contributed by atoms with E-state index in [0.29, 0.717) is 19.3 Å². The van der Waals surface area contributed by atoms with Gasteiger partial charge in [0.2, 0.25) is 0 Å². The molecule has 3 heterocycles. The molecule has 2 aliphatic carbocycles. The molecule has 0 amide bonds. The molecule has 1 aromatic heterocycles. The first-order valence-corrected chi connectivity index (χ1v) is 10.5. The Morgan fingerprint density at radius 2 is 2.10 bits per heavy atom. The third-order valence-corrected chi connectivity index (χ3v) is 8.08. The number of hydrogen-bond donors (Lipinski definition) is 0. The van der Waals surface area contributed by atoms with E-state index in [2.05, 4.69) is 0 Å². The first-order valence-electron chi connectivity index (χ1n) is 10.5. The van der Waals surface area contributed by atoms with Crippen LogP contribution in [0.25, 0.3) is 0 Å². The molecular formula is C22H26O7. The summed E-state index contributed by atoms with van der Waals surface area (Å²) in [5.41, 5.74) is -0.520. The van der Waals surface area contributed by atoms with Crippen LogP contribution in [0.4, 0.5) is 0 Å². The maximum atomic E-state index is 13.4. The lowest BCUT2D eigenvalue weighted by Crippen LogP contribution is -2.64. The van der Waals surface area contributed by atoms with Crippen LogP contribution in [0.2, 0.25) is 0 Å². The molecule has 4 unspecified atom stereocenters. The lowest BCUT2D eigenvalue weighted by molar-refractivity contribution is -0.204. The number of carbonyl (C=O) groups is 3. The van der Waals surface area contributed by atoms with Crippen LogP contribution in [0.3, 0.4) is 0 Å². The van der Waals surface area contributed by atoms with E-state index in [1.807, 2.05) is 13.0 Å². The van der Waals surface area contributed by atoms with E-state index in [0.717, 1.165) is 18.4 Å². The minimum absolute atomic E-state index is 0.0404. The highest BCUT2D eigenvalue weighted by Crippen LogP contribution is 2.68. The highest BCUT2D eigenvalue weighted by atomic mass is 16.6. The molecule has 7 atom stereocenters. The topological polar surface area (TPSA) is 92.0 Å². The summed E-state index contributed by atoms with van der Waals surface area (Å²) >= 11 is 0. The quantitative estimate of drug-likeness (QED) is 0.554. The monoisotopic (exact) mass is 402 g/mol. The molecule has 156 valence electrons. The van der Waals surface area contributed by atoms with Crippen LogP contribution in [0.1, 0.15) is 57.6 Å². The molecule has 2 saturated heterocycles. The zero-order valence-electron chi connectivity index (χ0n) is 16.7. The molecule has 2 saturated carbocycles. The van der Waals surface area contributed by atoms with Crippen molar-refractivity contribution in [2.24, 2.45) is 28.6 Å². The maximum Gasteiger partial charge on any atom is 0.313 e. The molecule has 0 bridgehead atoms. The van der Waals surface area contributed by atoms with E-state index < -0.39 is 16.9 Å². The number of fused-ring (bicyclic) bond motifs is 1. The SMILES string of the molecule is CC(=O)OC1CC(C)[C@]2(CC(c3ccoc3)OC2=O)C2CCC[C@H]3C(=O)OC[C@@]123. The Bertz CT molecular complexity index is 845. The van der Waals surface area contributed by atoms with E-state index in [1.165, 1.54) is 6.92 Å². The number of esters is 3. The van der Waals surface area contributed by atoms with Gasteiger partial charge < -0.3 is 18.6 Å². The van der Waals surface area contributed by atoms with Gasteiger partial charge in [0.15, 0.2) is 0 Å². The predicted molar refractivity (Wildman–Crippen MR) is 98.1 cm³/mol. The van der Waals surface area contributed by atoms with Crippen molar-refractivity contribution in [1.29, 1.82) is 0 Å². The molecule has 0 radical (unpaired) electrons. The molecule has 4 fully saturated rings. The van der Waals surface area contributed by atoms with Crippen molar-refractivity contribution in [2.75, 3.05) is 6.61 Å². The van der Waals surface area contributed by atoms with Crippen molar-refractivity contribution >= 4 is 17.9 Å². The molecule has 2 aliphatic heterocycles. The van der Waals surface area contributed by atoms with Gasteiger partial charge in [-0.2, -0.15) is 0 Å². The molecule has 7 heteroatoms. The molecule has 4 aliphatic rings.